The van der Waals surface area contributed by atoms with Crippen molar-refractivity contribution in [3.8, 4) is 0 Å². The summed E-state index contributed by atoms with van der Waals surface area (Å²) in [5, 5.41) is 12.1. The predicted molar refractivity (Wildman–Crippen MR) is 119 cm³/mol. The monoisotopic (exact) mass is 420 g/mol. The Hall–Kier alpha value is -3.09. The van der Waals surface area contributed by atoms with E-state index in [1.807, 2.05) is 41.3 Å². The second-order valence-corrected chi connectivity index (χ2v) is 7.75. The summed E-state index contributed by atoms with van der Waals surface area (Å²) in [5.74, 6) is 0.828. The number of benzene rings is 3. The molecule has 7 heteroatoms. The summed E-state index contributed by atoms with van der Waals surface area (Å²) in [7, 11) is 0. The molecule has 1 N–H and O–H groups in total. The zero-order chi connectivity index (χ0) is 20.5. The molecular formula is C23H21ClN4O2. The van der Waals surface area contributed by atoms with Gasteiger partial charge in [-0.3, -0.25) is 4.79 Å². The third-order valence-corrected chi connectivity index (χ3v) is 5.64. The third-order valence-electron chi connectivity index (χ3n) is 5.39. The van der Waals surface area contributed by atoms with Crippen LogP contribution in [0.2, 0.25) is 5.02 Å². The minimum atomic E-state index is 0.0366. The van der Waals surface area contributed by atoms with Gasteiger partial charge in [-0.25, -0.2) is 4.68 Å². The number of anilines is 2. The number of hydrogen-bond donors (Lipinski definition) is 1. The van der Waals surface area contributed by atoms with Crippen LogP contribution in [0.15, 0.2) is 60.7 Å². The van der Waals surface area contributed by atoms with Crippen LogP contribution >= 0.6 is 11.6 Å². The Kier molecular flexibility index (Phi) is 5.02. The Morgan fingerprint density at radius 1 is 1.00 bits per heavy atom. The van der Waals surface area contributed by atoms with Gasteiger partial charge in [0.15, 0.2) is 0 Å². The molecule has 0 saturated carbocycles. The van der Waals surface area contributed by atoms with E-state index in [1.54, 1.807) is 4.68 Å². The van der Waals surface area contributed by atoms with E-state index in [0.717, 1.165) is 33.2 Å². The standard InChI is InChI=1S/C23H21ClN4O2/c24-17-6-8-18(9-7-17)25-23-20-10-5-16-3-1-2-4-19(16)22(20)26-28(23)15-21(29)27-11-13-30-14-12-27/h1-10,25H,11-15H2. The molecule has 1 aromatic heterocycles. The Bertz CT molecular complexity index is 1210. The van der Waals surface area contributed by atoms with Gasteiger partial charge >= 0.3 is 0 Å². The molecule has 0 aliphatic carbocycles. The lowest BCUT2D eigenvalue weighted by Gasteiger charge is -2.27. The quantitative estimate of drug-likeness (QED) is 0.530. The summed E-state index contributed by atoms with van der Waals surface area (Å²) in [4.78, 5) is 14.8. The lowest BCUT2D eigenvalue weighted by Crippen LogP contribution is -2.42. The molecule has 0 spiro atoms. The molecule has 0 bridgehead atoms. The Labute approximate surface area is 179 Å². The van der Waals surface area contributed by atoms with E-state index in [9.17, 15) is 4.79 Å². The van der Waals surface area contributed by atoms with Gasteiger partial charge in [0.2, 0.25) is 5.91 Å². The van der Waals surface area contributed by atoms with Crippen LogP contribution in [0.25, 0.3) is 21.7 Å². The summed E-state index contributed by atoms with van der Waals surface area (Å²) in [5.41, 5.74) is 1.76. The molecule has 1 amide bonds. The number of carbonyl (C=O) groups excluding carboxylic acids is 1. The summed E-state index contributed by atoms with van der Waals surface area (Å²) in [6.07, 6.45) is 0. The first-order valence-corrected chi connectivity index (χ1v) is 10.3. The molecule has 4 aromatic rings. The van der Waals surface area contributed by atoms with Crippen LogP contribution in [0.4, 0.5) is 11.5 Å². The van der Waals surface area contributed by atoms with Crippen molar-refractivity contribution in [3.63, 3.8) is 0 Å². The van der Waals surface area contributed by atoms with Crippen molar-refractivity contribution in [2.45, 2.75) is 6.54 Å². The third kappa shape index (κ3) is 3.60. The average Bonchev–Trinajstić information content (AvgIpc) is 3.13. The van der Waals surface area contributed by atoms with Crippen LogP contribution in [0.3, 0.4) is 0 Å². The van der Waals surface area contributed by atoms with Crippen molar-refractivity contribution in [1.29, 1.82) is 0 Å². The summed E-state index contributed by atoms with van der Waals surface area (Å²) >= 11 is 6.03. The largest absolute Gasteiger partial charge is 0.378 e. The van der Waals surface area contributed by atoms with Crippen molar-refractivity contribution < 1.29 is 9.53 Å². The molecule has 1 saturated heterocycles. The number of halogens is 1. The molecule has 30 heavy (non-hydrogen) atoms. The molecule has 152 valence electrons. The van der Waals surface area contributed by atoms with Crippen LogP contribution in [0, 0.1) is 0 Å². The van der Waals surface area contributed by atoms with Crippen molar-refractivity contribution >= 4 is 50.7 Å². The SMILES string of the molecule is O=C(Cn1nc2c(ccc3ccccc32)c1Nc1ccc(Cl)cc1)N1CCOCC1. The highest BCUT2D eigenvalue weighted by Crippen LogP contribution is 2.32. The lowest BCUT2D eigenvalue weighted by atomic mass is 10.1. The summed E-state index contributed by atoms with van der Waals surface area (Å²) in [6, 6.07) is 19.8. The highest BCUT2D eigenvalue weighted by molar-refractivity contribution is 6.30. The number of hydrogen-bond acceptors (Lipinski definition) is 4. The van der Waals surface area contributed by atoms with Gasteiger partial charge in [-0.1, -0.05) is 41.9 Å². The van der Waals surface area contributed by atoms with Gasteiger partial charge in [-0.15, -0.1) is 0 Å². The van der Waals surface area contributed by atoms with Crippen LogP contribution in [-0.2, 0) is 16.1 Å². The predicted octanol–water partition coefficient (Wildman–Crippen LogP) is 4.45. The van der Waals surface area contributed by atoms with Gasteiger partial charge in [-0.05, 0) is 35.7 Å². The van der Waals surface area contributed by atoms with Gasteiger partial charge in [0.1, 0.15) is 17.9 Å². The molecule has 5 rings (SSSR count). The number of fused-ring (bicyclic) bond motifs is 3. The van der Waals surface area contributed by atoms with E-state index in [2.05, 4.69) is 29.6 Å². The Morgan fingerprint density at radius 2 is 1.77 bits per heavy atom. The van der Waals surface area contributed by atoms with Crippen molar-refractivity contribution in [2.24, 2.45) is 0 Å². The number of rotatable bonds is 4. The first-order valence-electron chi connectivity index (χ1n) is 9.95. The van der Waals surface area contributed by atoms with Crippen molar-refractivity contribution in [3.05, 3.63) is 65.7 Å². The van der Waals surface area contributed by atoms with E-state index < -0.39 is 0 Å². The molecule has 3 aromatic carbocycles. The van der Waals surface area contributed by atoms with Crippen LogP contribution in [0.1, 0.15) is 0 Å². The molecule has 0 unspecified atom stereocenters. The van der Waals surface area contributed by atoms with Gasteiger partial charge in [-0.2, -0.15) is 5.10 Å². The van der Waals surface area contributed by atoms with E-state index in [-0.39, 0.29) is 12.5 Å². The zero-order valence-corrected chi connectivity index (χ0v) is 17.1. The number of aromatic nitrogens is 2. The number of nitrogens with zero attached hydrogens (tertiary/aromatic N) is 3. The Balaban J connectivity index is 1.58. The molecule has 2 heterocycles. The highest BCUT2D eigenvalue weighted by atomic mass is 35.5. The topological polar surface area (TPSA) is 59.4 Å². The fraction of sp³-hybridized carbons (Fsp3) is 0.217. The fourth-order valence-electron chi connectivity index (χ4n) is 3.82. The Morgan fingerprint density at radius 3 is 2.57 bits per heavy atom. The lowest BCUT2D eigenvalue weighted by molar-refractivity contribution is -0.136. The first-order chi connectivity index (χ1) is 14.7. The number of carbonyl (C=O) groups is 1. The minimum Gasteiger partial charge on any atom is -0.378 e. The van der Waals surface area contributed by atoms with E-state index in [4.69, 9.17) is 21.4 Å². The van der Waals surface area contributed by atoms with Gasteiger partial charge < -0.3 is 15.0 Å². The second-order valence-electron chi connectivity index (χ2n) is 7.31. The average molecular weight is 421 g/mol. The molecule has 1 fully saturated rings. The summed E-state index contributed by atoms with van der Waals surface area (Å²) < 4.78 is 7.14. The maximum Gasteiger partial charge on any atom is 0.244 e. The van der Waals surface area contributed by atoms with Crippen molar-refractivity contribution in [2.75, 3.05) is 31.6 Å². The van der Waals surface area contributed by atoms with Gasteiger partial charge in [0, 0.05) is 34.6 Å². The number of nitrogens with one attached hydrogen (secondary N) is 1. The maximum atomic E-state index is 12.9. The summed E-state index contributed by atoms with van der Waals surface area (Å²) in [6.45, 7) is 2.55. The normalized spacial score (nSPS) is 14.4. The molecular weight excluding hydrogens is 400 g/mol. The molecule has 0 atom stereocenters. The van der Waals surface area contributed by atoms with Crippen molar-refractivity contribution in [1.82, 2.24) is 14.7 Å². The fourth-order valence-corrected chi connectivity index (χ4v) is 3.95. The molecule has 1 aliphatic heterocycles. The van der Waals surface area contributed by atoms with E-state index in [0.29, 0.717) is 31.3 Å². The first kappa shape index (κ1) is 18.9. The second kappa shape index (κ2) is 7.97. The molecule has 0 radical (unpaired) electrons. The van der Waals surface area contributed by atoms with E-state index >= 15 is 0 Å². The number of morpholine rings is 1. The van der Waals surface area contributed by atoms with Gasteiger partial charge in [0.05, 0.1) is 13.2 Å². The van der Waals surface area contributed by atoms with Crippen LogP contribution < -0.4 is 5.32 Å². The smallest absolute Gasteiger partial charge is 0.244 e. The van der Waals surface area contributed by atoms with Crippen LogP contribution in [-0.4, -0.2) is 46.9 Å². The molecule has 6 nitrogen and oxygen atoms in total. The van der Waals surface area contributed by atoms with Gasteiger partial charge in [0.25, 0.3) is 0 Å². The highest BCUT2D eigenvalue weighted by Gasteiger charge is 2.21. The van der Waals surface area contributed by atoms with E-state index in [1.165, 1.54) is 0 Å². The van der Waals surface area contributed by atoms with Crippen LogP contribution in [0.5, 0.6) is 0 Å². The maximum absolute atomic E-state index is 12.9. The molecule has 1 aliphatic rings. The zero-order valence-electron chi connectivity index (χ0n) is 16.3. The minimum absolute atomic E-state index is 0.0366. The number of amides is 1. The number of ether oxygens (including phenoxy) is 1.